The first-order valence-electron chi connectivity index (χ1n) is 23.2. The number of rotatable bonds is 20. The Hall–Kier alpha value is -8.71. The summed E-state index contributed by atoms with van der Waals surface area (Å²) in [4.78, 5) is 44.7. The zero-order valence-corrected chi connectivity index (χ0v) is 41.4. The number of carboxylic acids is 3. The lowest BCUT2D eigenvalue weighted by molar-refractivity contribution is -0.384. The van der Waals surface area contributed by atoms with Crippen LogP contribution >= 0.6 is 0 Å². The summed E-state index contributed by atoms with van der Waals surface area (Å²) in [6, 6.07) is 36.7. The van der Waals surface area contributed by atoms with E-state index in [1.807, 2.05) is 93.6 Å². The smallest absolute Gasteiger partial charge is 0.372 e. The number of furan rings is 3. The van der Waals surface area contributed by atoms with E-state index in [0.717, 1.165) is 16.9 Å². The molecule has 3 heterocycles. The van der Waals surface area contributed by atoms with Gasteiger partial charge in [-0.25, -0.2) is 14.4 Å². The Bertz CT molecular complexity index is 3040. The lowest BCUT2D eigenvalue weighted by Crippen LogP contribution is -2.51. The summed E-state index contributed by atoms with van der Waals surface area (Å²) in [5, 5.41) is 38.9. The Balaban J connectivity index is 0.000000191. The largest absolute Gasteiger partial charge is 0.493 e. The molecule has 0 radical (unpaired) electrons. The Morgan fingerprint density at radius 3 is 1.59 bits per heavy atom. The Morgan fingerprint density at radius 1 is 0.608 bits per heavy atom. The van der Waals surface area contributed by atoms with Crippen molar-refractivity contribution >= 4 is 23.6 Å². The highest BCUT2D eigenvalue weighted by Crippen LogP contribution is 2.39. The molecular weight excluding hydrogens is 959 g/mol. The number of methoxy groups -OCH3 is 3. The average Bonchev–Trinajstić information content (AvgIpc) is 4.19. The summed E-state index contributed by atoms with van der Waals surface area (Å²) in [5.74, 6) is -0.554. The van der Waals surface area contributed by atoms with Crippen molar-refractivity contribution in [3.8, 4) is 51.2 Å². The number of nitro benzene ring substituents is 1. The maximum Gasteiger partial charge on any atom is 0.372 e. The standard InChI is InChI=1S/C24H28O6.C22H15NO6.C10H12O5/c1-4-27-22-20(16-18-12-13-21(30-18)17-10-8-7-9-11-17)19(23(25)26)14-15-24(22,28-5-2)29-6-3;24-22(25)21-16(13-20(29-21)14-4-2-1-3-5-14)12-18-10-11-19(28-18)15-6-8-17(9-7-15)23(26)27;1-13-7-4-6(10(11)12)5-8(14-2)9(7)15-3/h7-15,22H,4-6,16H2,1-3H3,(H,25,26);1-11,13H,12H2,(H,24,25);4-5H,1-3H3,(H,11,12). The molecule has 74 heavy (non-hydrogen) atoms. The Morgan fingerprint density at radius 2 is 1.14 bits per heavy atom. The van der Waals surface area contributed by atoms with Gasteiger partial charge in [-0.15, -0.1) is 0 Å². The van der Waals surface area contributed by atoms with Gasteiger partial charge in [0.1, 0.15) is 34.9 Å². The molecule has 0 aliphatic heterocycles. The number of ether oxygens (including phenoxy) is 6. The van der Waals surface area contributed by atoms with Crippen molar-refractivity contribution in [3.05, 3.63) is 189 Å². The number of carboxylic acid groups (broad SMARTS) is 3. The molecule has 0 amide bonds. The Kier molecular flexibility index (Phi) is 18.9. The van der Waals surface area contributed by atoms with Crippen molar-refractivity contribution in [1.29, 1.82) is 0 Å². The van der Waals surface area contributed by atoms with Gasteiger partial charge in [0.25, 0.3) is 5.69 Å². The predicted octanol–water partition coefficient (Wildman–Crippen LogP) is 11.4. The molecule has 8 rings (SSSR count). The minimum Gasteiger partial charge on any atom is -0.493 e. The SMILES string of the molecule is CCOC1C(Cc2ccc(-c3ccccc3)o2)=C(C(=O)O)C=CC1(OCC)OCC.COc1cc(C(=O)O)cc(OC)c1OC.O=C(O)c1oc(-c2ccccc2)cc1Cc1ccc(-c2ccc([N+](=O)[O-])cc2)o1. The minimum atomic E-state index is -1.18. The summed E-state index contributed by atoms with van der Waals surface area (Å²) in [6.07, 6.45) is 2.99. The summed E-state index contributed by atoms with van der Waals surface area (Å²) in [6.45, 7) is 6.76. The van der Waals surface area contributed by atoms with Crippen molar-refractivity contribution in [1.82, 2.24) is 0 Å². The fourth-order valence-electron chi connectivity index (χ4n) is 7.97. The number of aliphatic carboxylic acids is 1. The minimum absolute atomic E-state index is 0.00142. The molecule has 0 bridgehead atoms. The maximum atomic E-state index is 12.0. The molecule has 0 saturated carbocycles. The molecule has 0 fully saturated rings. The molecule has 3 aromatic heterocycles. The molecule has 4 aromatic carbocycles. The summed E-state index contributed by atoms with van der Waals surface area (Å²) >= 11 is 0. The van der Waals surface area contributed by atoms with E-state index < -0.39 is 34.7 Å². The average molecular weight is 1010 g/mol. The molecular formula is C56H55NO17. The molecule has 3 N–H and O–H groups in total. The number of carbonyl (C=O) groups is 3. The first-order chi connectivity index (χ1) is 35.7. The van der Waals surface area contributed by atoms with Crippen LogP contribution in [0.5, 0.6) is 17.2 Å². The van der Waals surface area contributed by atoms with E-state index in [9.17, 15) is 34.7 Å². The van der Waals surface area contributed by atoms with Crippen LogP contribution in [0.4, 0.5) is 5.69 Å². The highest BCUT2D eigenvalue weighted by molar-refractivity contribution is 5.92. The molecule has 18 nitrogen and oxygen atoms in total. The van der Waals surface area contributed by atoms with E-state index in [1.54, 1.807) is 42.5 Å². The first kappa shape index (κ1) is 54.6. The van der Waals surface area contributed by atoms with Crippen LogP contribution in [0.1, 0.15) is 58.8 Å². The van der Waals surface area contributed by atoms with Crippen LogP contribution in [0.2, 0.25) is 0 Å². The second-order valence-electron chi connectivity index (χ2n) is 15.9. The van der Waals surface area contributed by atoms with Crippen molar-refractivity contribution < 1.29 is 76.3 Å². The van der Waals surface area contributed by atoms with Crippen molar-refractivity contribution in [2.45, 2.75) is 45.5 Å². The zero-order chi connectivity index (χ0) is 53.4. The van der Waals surface area contributed by atoms with Gasteiger partial charge in [0, 0.05) is 67.0 Å². The second-order valence-corrected chi connectivity index (χ2v) is 15.9. The van der Waals surface area contributed by atoms with Crippen molar-refractivity contribution in [3.63, 3.8) is 0 Å². The monoisotopic (exact) mass is 1010 g/mol. The molecule has 7 aromatic rings. The Labute approximate surface area is 425 Å². The van der Waals surface area contributed by atoms with E-state index in [1.165, 1.54) is 45.6 Å². The number of hydrogen-bond donors (Lipinski definition) is 3. The topological polar surface area (TPSA) is 250 Å². The quantitative estimate of drug-likeness (QED) is 0.0365. The van der Waals surface area contributed by atoms with Crippen LogP contribution in [0.15, 0.2) is 164 Å². The lowest BCUT2D eigenvalue weighted by Gasteiger charge is -2.40. The fraction of sp³-hybridized carbons (Fsp3) is 0.232. The number of hydrogen-bond acceptors (Lipinski definition) is 14. The van der Waals surface area contributed by atoms with Gasteiger partial charge < -0.3 is 57.0 Å². The van der Waals surface area contributed by atoms with Gasteiger partial charge in [-0.2, -0.15) is 0 Å². The van der Waals surface area contributed by atoms with Gasteiger partial charge in [-0.05, 0) is 93.1 Å². The molecule has 1 atom stereocenters. The highest BCUT2D eigenvalue weighted by Gasteiger charge is 2.46. The summed E-state index contributed by atoms with van der Waals surface area (Å²) < 4.78 is 50.4. The number of non-ortho nitro benzene ring substituents is 1. The normalized spacial score (nSPS) is 13.5. The van der Waals surface area contributed by atoms with Crippen LogP contribution in [-0.2, 0) is 31.8 Å². The van der Waals surface area contributed by atoms with Gasteiger partial charge in [-0.3, -0.25) is 10.1 Å². The van der Waals surface area contributed by atoms with E-state index in [0.29, 0.717) is 76.8 Å². The third kappa shape index (κ3) is 13.2. The van der Waals surface area contributed by atoms with Crippen LogP contribution in [0, 0.1) is 10.1 Å². The van der Waals surface area contributed by atoms with Crippen LogP contribution in [0.25, 0.3) is 34.0 Å². The van der Waals surface area contributed by atoms with Crippen molar-refractivity contribution in [2.75, 3.05) is 41.2 Å². The second kappa shape index (κ2) is 25.6. The van der Waals surface area contributed by atoms with E-state index in [-0.39, 0.29) is 35.4 Å². The van der Waals surface area contributed by atoms with E-state index in [2.05, 4.69) is 0 Å². The van der Waals surface area contributed by atoms with Gasteiger partial charge >= 0.3 is 17.9 Å². The van der Waals surface area contributed by atoms with Crippen LogP contribution in [-0.4, -0.2) is 91.2 Å². The highest BCUT2D eigenvalue weighted by atomic mass is 16.7. The maximum absolute atomic E-state index is 12.0. The predicted molar refractivity (Wildman–Crippen MR) is 271 cm³/mol. The summed E-state index contributed by atoms with van der Waals surface area (Å²) in [5.41, 5.74) is 3.75. The van der Waals surface area contributed by atoms with Crippen molar-refractivity contribution in [2.24, 2.45) is 0 Å². The molecule has 1 aliphatic rings. The zero-order valence-electron chi connectivity index (χ0n) is 41.4. The van der Waals surface area contributed by atoms with E-state index >= 15 is 0 Å². The summed E-state index contributed by atoms with van der Waals surface area (Å²) in [7, 11) is 4.33. The third-order valence-electron chi connectivity index (χ3n) is 11.3. The number of benzene rings is 4. The molecule has 1 unspecified atom stereocenters. The number of nitrogens with zero attached hydrogens (tertiary/aromatic N) is 1. The van der Waals surface area contributed by atoms with Gasteiger partial charge in [0.15, 0.2) is 11.5 Å². The number of aromatic carboxylic acids is 2. The van der Waals surface area contributed by atoms with Crippen LogP contribution in [0.3, 0.4) is 0 Å². The molecule has 18 heteroatoms. The third-order valence-corrected chi connectivity index (χ3v) is 11.3. The number of nitro groups is 1. The van der Waals surface area contributed by atoms with E-state index in [4.69, 9.17) is 46.8 Å². The molecule has 1 aliphatic carbocycles. The lowest BCUT2D eigenvalue weighted by atomic mass is 9.87. The fourth-order valence-corrected chi connectivity index (χ4v) is 7.97. The van der Waals surface area contributed by atoms with Gasteiger partial charge in [0.2, 0.25) is 17.3 Å². The molecule has 0 saturated heterocycles. The first-order valence-corrected chi connectivity index (χ1v) is 23.2. The van der Waals surface area contributed by atoms with Crippen LogP contribution < -0.4 is 14.2 Å². The van der Waals surface area contributed by atoms with Gasteiger partial charge in [-0.1, -0.05) is 60.7 Å². The molecule has 386 valence electrons. The molecule has 0 spiro atoms. The van der Waals surface area contributed by atoms with Gasteiger partial charge in [0.05, 0.1) is 37.4 Å².